The topological polar surface area (TPSA) is 61.4 Å². The number of nitrogens with zero attached hydrogens (tertiary/aromatic N) is 1. The molecule has 0 heterocycles. The molecular weight excluding hydrogens is 266 g/mol. The molecule has 2 aliphatic carbocycles. The SMILES string of the molecule is CC(C1CC1)N(C)C(=O)CCNC(=O)NC1CCCCC1. The molecule has 120 valence electrons. The first kappa shape index (κ1) is 16.1. The molecule has 0 aromatic rings. The standard InChI is InChI=1S/C16H29N3O2/c1-12(13-8-9-13)19(2)15(20)10-11-17-16(21)18-14-6-4-3-5-7-14/h12-14H,3-11H2,1-2H3,(H2,17,18,21). The van der Waals surface area contributed by atoms with Gasteiger partial charge in [0.15, 0.2) is 0 Å². The third kappa shape index (κ3) is 5.21. The minimum absolute atomic E-state index is 0.118. The number of hydrogen-bond acceptors (Lipinski definition) is 2. The zero-order valence-corrected chi connectivity index (χ0v) is 13.4. The summed E-state index contributed by atoms with van der Waals surface area (Å²) in [5.74, 6) is 0.800. The van der Waals surface area contributed by atoms with E-state index in [1.54, 1.807) is 0 Å². The van der Waals surface area contributed by atoms with E-state index < -0.39 is 0 Å². The van der Waals surface area contributed by atoms with Gasteiger partial charge in [0, 0.05) is 32.1 Å². The number of hydrogen-bond donors (Lipinski definition) is 2. The highest BCUT2D eigenvalue weighted by Gasteiger charge is 2.32. The van der Waals surface area contributed by atoms with E-state index in [2.05, 4.69) is 17.6 Å². The fraction of sp³-hybridized carbons (Fsp3) is 0.875. The largest absolute Gasteiger partial charge is 0.343 e. The third-order valence-electron chi connectivity index (χ3n) is 4.87. The summed E-state index contributed by atoms with van der Waals surface area (Å²) in [6.07, 6.45) is 8.69. The van der Waals surface area contributed by atoms with Crippen LogP contribution in [-0.2, 0) is 4.79 Å². The summed E-state index contributed by atoms with van der Waals surface area (Å²) in [5, 5.41) is 5.80. The van der Waals surface area contributed by atoms with E-state index in [9.17, 15) is 9.59 Å². The van der Waals surface area contributed by atoms with E-state index in [0.29, 0.717) is 31.0 Å². The van der Waals surface area contributed by atoms with Crippen molar-refractivity contribution in [3.05, 3.63) is 0 Å². The molecule has 2 N–H and O–H groups in total. The molecule has 2 rings (SSSR count). The lowest BCUT2D eigenvalue weighted by Gasteiger charge is -2.25. The van der Waals surface area contributed by atoms with Crippen molar-refractivity contribution in [2.45, 2.75) is 70.4 Å². The van der Waals surface area contributed by atoms with E-state index in [0.717, 1.165) is 12.8 Å². The van der Waals surface area contributed by atoms with Crippen LogP contribution in [-0.4, -0.2) is 42.5 Å². The predicted octanol–water partition coefficient (Wildman–Crippen LogP) is 2.27. The van der Waals surface area contributed by atoms with Crippen LogP contribution in [0.5, 0.6) is 0 Å². The van der Waals surface area contributed by atoms with Gasteiger partial charge in [-0.1, -0.05) is 19.3 Å². The van der Waals surface area contributed by atoms with Gasteiger partial charge in [-0.2, -0.15) is 0 Å². The lowest BCUT2D eigenvalue weighted by atomic mass is 9.96. The molecule has 0 aromatic heterocycles. The van der Waals surface area contributed by atoms with Gasteiger partial charge in [-0.25, -0.2) is 4.79 Å². The van der Waals surface area contributed by atoms with Gasteiger partial charge < -0.3 is 15.5 Å². The predicted molar refractivity (Wildman–Crippen MR) is 83.0 cm³/mol. The van der Waals surface area contributed by atoms with Crippen LogP contribution in [0.2, 0.25) is 0 Å². The van der Waals surface area contributed by atoms with Crippen molar-refractivity contribution in [2.75, 3.05) is 13.6 Å². The van der Waals surface area contributed by atoms with Crippen molar-refractivity contribution in [3.8, 4) is 0 Å². The molecule has 0 aliphatic heterocycles. The van der Waals surface area contributed by atoms with Crippen molar-refractivity contribution in [1.29, 1.82) is 0 Å². The molecule has 1 atom stereocenters. The van der Waals surface area contributed by atoms with E-state index in [4.69, 9.17) is 0 Å². The minimum Gasteiger partial charge on any atom is -0.343 e. The maximum atomic E-state index is 12.0. The van der Waals surface area contributed by atoms with Crippen LogP contribution >= 0.6 is 0 Å². The average molecular weight is 295 g/mol. The van der Waals surface area contributed by atoms with Gasteiger partial charge in [-0.05, 0) is 38.5 Å². The molecule has 2 aliphatic rings. The van der Waals surface area contributed by atoms with Crippen LogP contribution in [0.3, 0.4) is 0 Å². The second-order valence-corrected chi connectivity index (χ2v) is 6.57. The van der Waals surface area contributed by atoms with Gasteiger partial charge in [0.25, 0.3) is 0 Å². The minimum atomic E-state index is -0.132. The molecule has 0 bridgehead atoms. The highest BCUT2D eigenvalue weighted by atomic mass is 16.2. The number of carbonyl (C=O) groups excluding carboxylic acids is 2. The Kier molecular flexibility index (Phi) is 5.88. The molecule has 2 saturated carbocycles. The summed E-state index contributed by atoms with van der Waals surface area (Å²) < 4.78 is 0. The van der Waals surface area contributed by atoms with Crippen LogP contribution < -0.4 is 10.6 Å². The number of nitrogens with one attached hydrogen (secondary N) is 2. The average Bonchev–Trinajstić information content (AvgIpc) is 3.31. The summed E-state index contributed by atoms with van der Waals surface area (Å²) in [5.41, 5.74) is 0. The van der Waals surface area contributed by atoms with E-state index >= 15 is 0 Å². The van der Waals surface area contributed by atoms with Crippen LogP contribution in [0, 0.1) is 5.92 Å². The highest BCUT2D eigenvalue weighted by molar-refractivity contribution is 5.78. The maximum absolute atomic E-state index is 12.0. The molecule has 0 aromatic carbocycles. The quantitative estimate of drug-likeness (QED) is 0.789. The van der Waals surface area contributed by atoms with Crippen molar-refractivity contribution in [1.82, 2.24) is 15.5 Å². The molecule has 5 heteroatoms. The highest BCUT2D eigenvalue weighted by Crippen LogP contribution is 2.34. The Morgan fingerprint density at radius 2 is 1.81 bits per heavy atom. The zero-order valence-electron chi connectivity index (χ0n) is 13.4. The summed E-state index contributed by atoms with van der Waals surface area (Å²) in [7, 11) is 1.87. The van der Waals surface area contributed by atoms with Gasteiger partial charge >= 0.3 is 6.03 Å². The zero-order chi connectivity index (χ0) is 15.2. The van der Waals surface area contributed by atoms with E-state index in [-0.39, 0.29) is 11.9 Å². The van der Waals surface area contributed by atoms with Crippen LogP contribution in [0.1, 0.15) is 58.3 Å². The second kappa shape index (κ2) is 7.66. The Labute approximate surface area is 127 Å². The first-order chi connectivity index (χ1) is 10.1. The van der Waals surface area contributed by atoms with Crippen molar-refractivity contribution >= 4 is 11.9 Å². The maximum Gasteiger partial charge on any atom is 0.315 e. The second-order valence-electron chi connectivity index (χ2n) is 6.57. The van der Waals surface area contributed by atoms with E-state index in [1.165, 1.54) is 32.1 Å². The van der Waals surface area contributed by atoms with Crippen LogP contribution in [0.25, 0.3) is 0 Å². The summed E-state index contributed by atoms with van der Waals surface area (Å²) in [6.45, 7) is 2.53. The number of carbonyl (C=O) groups is 2. The van der Waals surface area contributed by atoms with Gasteiger partial charge in [-0.15, -0.1) is 0 Å². The number of rotatable bonds is 6. The molecule has 3 amide bonds. The fourth-order valence-electron chi connectivity index (χ4n) is 3.06. The Morgan fingerprint density at radius 3 is 2.43 bits per heavy atom. The monoisotopic (exact) mass is 295 g/mol. The van der Waals surface area contributed by atoms with Crippen LogP contribution in [0.15, 0.2) is 0 Å². The molecule has 0 radical (unpaired) electrons. The Bertz CT molecular complexity index is 363. The van der Waals surface area contributed by atoms with Gasteiger partial charge in [0.2, 0.25) is 5.91 Å². The first-order valence-corrected chi connectivity index (χ1v) is 8.38. The molecule has 2 fully saturated rings. The normalized spacial score (nSPS) is 20.7. The Hall–Kier alpha value is -1.26. The van der Waals surface area contributed by atoms with Crippen LogP contribution in [0.4, 0.5) is 4.79 Å². The summed E-state index contributed by atoms with van der Waals surface area (Å²) >= 11 is 0. The lowest BCUT2D eigenvalue weighted by molar-refractivity contribution is -0.131. The molecule has 5 nitrogen and oxygen atoms in total. The van der Waals surface area contributed by atoms with Gasteiger partial charge in [0.05, 0.1) is 0 Å². The smallest absolute Gasteiger partial charge is 0.315 e. The third-order valence-corrected chi connectivity index (χ3v) is 4.87. The lowest BCUT2D eigenvalue weighted by Crippen LogP contribution is -2.44. The van der Waals surface area contributed by atoms with Gasteiger partial charge in [0.1, 0.15) is 0 Å². The fourth-order valence-corrected chi connectivity index (χ4v) is 3.06. The molecule has 21 heavy (non-hydrogen) atoms. The summed E-state index contributed by atoms with van der Waals surface area (Å²) in [6, 6.07) is 0.508. The first-order valence-electron chi connectivity index (χ1n) is 8.38. The molecule has 0 spiro atoms. The molecular formula is C16H29N3O2. The van der Waals surface area contributed by atoms with E-state index in [1.807, 2.05) is 11.9 Å². The Balaban J connectivity index is 1.59. The van der Waals surface area contributed by atoms with Crippen molar-refractivity contribution in [3.63, 3.8) is 0 Å². The number of amides is 3. The van der Waals surface area contributed by atoms with Gasteiger partial charge in [-0.3, -0.25) is 4.79 Å². The van der Waals surface area contributed by atoms with Crippen molar-refractivity contribution in [2.24, 2.45) is 5.92 Å². The summed E-state index contributed by atoms with van der Waals surface area (Å²) in [4.78, 5) is 25.6. The van der Waals surface area contributed by atoms with Crippen molar-refractivity contribution < 1.29 is 9.59 Å². The molecule has 0 saturated heterocycles. The molecule has 1 unspecified atom stereocenters. The Morgan fingerprint density at radius 1 is 1.14 bits per heavy atom. The number of urea groups is 1.